The van der Waals surface area contributed by atoms with E-state index < -0.39 is 5.97 Å². The van der Waals surface area contributed by atoms with Crippen molar-refractivity contribution in [1.82, 2.24) is 24.9 Å². The molecule has 0 saturated heterocycles. The molecule has 4 aromatic rings. The van der Waals surface area contributed by atoms with E-state index in [1.807, 2.05) is 19.9 Å². The molecule has 0 aliphatic heterocycles. The van der Waals surface area contributed by atoms with Gasteiger partial charge in [-0.3, -0.25) is 0 Å². The van der Waals surface area contributed by atoms with E-state index in [4.69, 9.17) is 18.7 Å². The summed E-state index contributed by atoms with van der Waals surface area (Å²) in [5.74, 6) is 1.70. The monoisotopic (exact) mass is 435 g/mol. The summed E-state index contributed by atoms with van der Waals surface area (Å²) in [5, 5.41) is 8.30. The number of aromatic nitrogens is 5. The topological polar surface area (TPSA) is 114 Å². The summed E-state index contributed by atoms with van der Waals surface area (Å²) in [7, 11) is 3.10. The number of hydrogen-bond acceptors (Lipinski definition) is 9. The number of carbonyl (C=O) groups is 1. The van der Waals surface area contributed by atoms with Crippen molar-refractivity contribution in [3.05, 3.63) is 65.4 Å². The van der Waals surface area contributed by atoms with Gasteiger partial charge in [-0.1, -0.05) is 5.16 Å². The van der Waals surface area contributed by atoms with Crippen LogP contribution in [0.1, 0.15) is 27.6 Å². The van der Waals surface area contributed by atoms with Crippen LogP contribution >= 0.6 is 0 Å². The Labute approximate surface area is 183 Å². The van der Waals surface area contributed by atoms with Crippen LogP contribution in [0.2, 0.25) is 0 Å². The van der Waals surface area contributed by atoms with Gasteiger partial charge in [0.2, 0.25) is 5.82 Å². The van der Waals surface area contributed by atoms with Gasteiger partial charge >= 0.3 is 5.97 Å². The van der Waals surface area contributed by atoms with Crippen LogP contribution in [-0.2, 0) is 11.3 Å². The zero-order valence-electron chi connectivity index (χ0n) is 18.0. The lowest BCUT2D eigenvalue weighted by Crippen LogP contribution is -2.08. The highest BCUT2D eigenvalue weighted by atomic mass is 16.6. The first-order chi connectivity index (χ1) is 15.5. The highest BCUT2D eigenvalue weighted by Crippen LogP contribution is 2.31. The van der Waals surface area contributed by atoms with Gasteiger partial charge in [0.15, 0.2) is 23.9 Å². The molecule has 0 N–H and O–H groups in total. The lowest BCUT2D eigenvalue weighted by atomic mass is 10.2. The molecule has 0 spiro atoms. The molecule has 0 radical (unpaired) electrons. The molecule has 0 atom stereocenters. The summed E-state index contributed by atoms with van der Waals surface area (Å²) in [5.41, 5.74) is 2.81. The number of benzene rings is 1. The molecule has 0 amide bonds. The van der Waals surface area contributed by atoms with Crippen LogP contribution in [0.15, 0.2) is 47.1 Å². The van der Waals surface area contributed by atoms with Crippen LogP contribution in [0.4, 0.5) is 0 Å². The first-order valence-corrected chi connectivity index (χ1v) is 9.70. The first kappa shape index (κ1) is 21.0. The molecule has 3 heterocycles. The van der Waals surface area contributed by atoms with E-state index in [9.17, 15) is 4.79 Å². The van der Waals surface area contributed by atoms with Crippen molar-refractivity contribution < 1.29 is 23.5 Å². The van der Waals surface area contributed by atoms with Gasteiger partial charge in [-0.25, -0.2) is 14.5 Å². The second-order valence-corrected chi connectivity index (χ2v) is 6.90. The van der Waals surface area contributed by atoms with Gasteiger partial charge in [-0.2, -0.15) is 10.1 Å². The number of esters is 1. The maximum Gasteiger partial charge on any atom is 0.340 e. The lowest BCUT2D eigenvalue weighted by molar-refractivity contribution is 0.0429. The number of hydrogen-bond donors (Lipinski definition) is 0. The Balaban J connectivity index is 1.41. The Hall–Kier alpha value is -4.21. The Morgan fingerprint density at radius 1 is 1.06 bits per heavy atom. The SMILES string of the molecule is COc1ccc(-c2noc(COC(=O)c3ccc(-n4nc(C)cc4C)nc3)n2)cc1OC. The number of aryl methyl sites for hydroxylation is 2. The highest BCUT2D eigenvalue weighted by Gasteiger charge is 2.15. The zero-order chi connectivity index (χ0) is 22.7. The molecule has 0 aliphatic carbocycles. The molecule has 164 valence electrons. The minimum atomic E-state index is -0.553. The van der Waals surface area contributed by atoms with Crippen molar-refractivity contribution in [2.24, 2.45) is 0 Å². The summed E-state index contributed by atoms with van der Waals surface area (Å²) in [6, 6.07) is 10.5. The van der Waals surface area contributed by atoms with Crippen LogP contribution in [-0.4, -0.2) is 45.1 Å². The standard InChI is InChI=1S/C22H21N5O5/c1-13-9-14(2)27(25-13)19-8-6-16(11-23-19)22(28)31-12-20-24-21(26-32-20)15-5-7-17(29-3)18(10-15)30-4/h5-11H,12H2,1-4H3. The lowest BCUT2D eigenvalue weighted by Gasteiger charge is -2.07. The van der Waals surface area contributed by atoms with Gasteiger partial charge in [0.1, 0.15) is 0 Å². The average molecular weight is 435 g/mol. The molecule has 0 bridgehead atoms. The number of carbonyl (C=O) groups excluding carboxylic acids is 1. The zero-order valence-corrected chi connectivity index (χ0v) is 18.0. The van der Waals surface area contributed by atoms with Crippen LogP contribution in [0, 0.1) is 13.8 Å². The number of ether oxygens (including phenoxy) is 3. The van der Waals surface area contributed by atoms with E-state index >= 15 is 0 Å². The van der Waals surface area contributed by atoms with Crippen molar-refractivity contribution in [2.45, 2.75) is 20.5 Å². The van der Waals surface area contributed by atoms with Gasteiger partial charge in [0.05, 0.1) is 25.5 Å². The van der Waals surface area contributed by atoms with E-state index in [1.165, 1.54) is 6.20 Å². The molecule has 0 fully saturated rings. The fourth-order valence-electron chi connectivity index (χ4n) is 3.11. The third-order valence-corrected chi connectivity index (χ3v) is 4.65. The van der Waals surface area contributed by atoms with Crippen LogP contribution in [0.5, 0.6) is 11.5 Å². The molecule has 1 aromatic carbocycles. The quantitative estimate of drug-likeness (QED) is 0.403. The molecule has 10 heteroatoms. The molecule has 0 aliphatic rings. The Morgan fingerprint density at radius 2 is 1.88 bits per heavy atom. The smallest absolute Gasteiger partial charge is 0.340 e. The molecule has 0 saturated carbocycles. The van der Waals surface area contributed by atoms with E-state index in [2.05, 4.69) is 20.2 Å². The molecule has 3 aromatic heterocycles. The van der Waals surface area contributed by atoms with E-state index in [1.54, 1.807) is 49.2 Å². The highest BCUT2D eigenvalue weighted by molar-refractivity contribution is 5.89. The average Bonchev–Trinajstić information content (AvgIpc) is 3.42. The van der Waals surface area contributed by atoms with Crippen molar-refractivity contribution in [2.75, 3.05) is 14.2 Å². The van der Waals surface area contributed by atoms with Gasteiger partial charge in [0.25, 0.3) is 5.89 Å². The summed E-state index contributed by atoms with van der Waals surface area (Å²) < 4.78 is 22.7. The Kier molecular flexibility index (Phi) is 5.84. The normalized spacial score (nSPS) is 10.8. The minimum absolute atomic E-state index is 0.162. The van der Waals surface area contributed by atoms with Gasteiger partial charge in [-0.15, -0.1) is 0 Å². The Morgan fingerprint density at radius 3 is 2.53 bits per heavy atom. The third kappa shape index (κ3) is 4.29. The van der Waals surface area contributed by atoms with Crippen LogP contribution in [0.3, 0.4) is 0 Å². The molecular formula is C22H21N5O5. The summed E-state index contributed by atoms with van der Waals surface area (Å²) in [4.78, 5) is 20.9. The van der Waals surface area contributed by atoms with Crippen molar-refractivity contribution >= 4 is 5.97 Å². The fraction of sp³-hybridized carbons (Fsp3) is 0.227. The number of pyridine rings is 1. The van der Waals surface area contributed by atoms with Crippen LogP contribution in [0.25, 0.3) is 17.2 Å². The largest absolute Gasteiger partial charge is 0.493 e. The summed E-state index contributed by atoms with van der Waals surface area (Å²) in [6.07, 6.45) is 1.44. The second kappa shape index (κ2) is 8.88. The molecule has 32 heavy (non-hydrogen) atoms. The maximum atomic E-state index is 12.4. The maximum absolute atomic E-state index is 12.4. The number of methoxy groups -OCH3 is 2. The Bertz CT molecular complexity index is 1250. The third-order valence-electron chi connectivity index (χ3n) is 4.65. The van der Waals surface area contributed by atoms with Gasteiger partial charge in [0, 0.05) is 17.5 Å². The predicted octanol–water partition coefficient (Wildman–Crippen LogP) is 3.31. The van der Waals surface area contributed by atoms with Crippen molar-refractivity contribution in [3.8, 4) is 28.7 Å². The molecule has 0 unspecified atom stereocenters. The molecule has 10 nitrogen and oxygen atoms in total. The first-order valence-electron chi connectivity index (χ1n) is 9.70. The predicted molar refractivity (Wildman–Crippen MR) is 113 cm³/mol. The van der Waals surface area contributed by atoms with E-state index in [0.717, 1.165) is 11.4 Å². The summed E-state index contributed by atoms with van der Waals surface area (Å²) >= 11 is 0. The van der Waals surface area contributed by atoms with Crippen LogP contribution < -0.4 is 9.47 Å². The minimum Gasteiger partial charge on any atom is -0.493 e. The van der Waals surface area contributed by atoms with E-state index in [-0.39, 0.29) is 12.5 Å². The molecular weight excluding hydrogens is 414 g/mol. The second-order valence-electron chi connectivity index (χ2n) is 6.90. The summed E-state index contributed by atoms with van der Waals surface area (Å²) in [6.45, 7) is 3.67. The van der Waals surface area contributed by atoms with Gasteiger partial charge < -0.3 is 18.7 Å². The molecule has 4 rings (SSSR count). The fourth-order valence-corrected chi connectivity index (χ4v) is 3.11. The number of nitrogens with zero attached hydrogens (tertiary/aromatic N) is 5. The number of rotatable bonds is 7. The van der Waals surface area contributed by atoms with Crippen molar-refractivity contribution in [1.29, 1.82) is 0 Å². The van der Waals surface area contributed by atoms with E-state index in [0.29, 0.717) is 34.3 Å². The van der Waals surface area contributed by atoms with Crippen molar-refractivity contribution in [3.63, 3.8) is 0 Å². The van der Waals surface area contributed by atoms with Gasteiger partial charge in [-0.05, 0) is 50.2 Å².